The van der Waals surface area contributed by atoms with Crippen molar-refractivity contribution in [3.63, 3.8) is 0 Å². The second-order valence-corrected chi connectivity index (χ2v) is 9.36. The molecule has 0 radical (unpaired) electrons. The summed E-state index contributed by atoms with van der Waals surface area (Å²) in [6, 6.07) is 5.47. The Morgan fingerprint density at radius 1 is 1.36 bits per heavy atom. The highest BCUT2D eigenvalue weighted by atomic mass is 79.9. The average Bonchev–Trinajstić information content (AvgIpc) is 2.06. The van der Waals surface area contributed by atoms with Crippen LogP contribution in [0.1, 0.15) is 10.4 Å². The topological polar surface area (TPSA) is 26.3 Å². The normalized spacial score (nSPS) is 11.1. The van der Waals surface area contributed by atoms with Gasteiger partial charge in [0.2, 0.25) is 8.32 Å². The van der Waals surface area contributed by atoms with E-state index in [0.29, 0.717) is 11.3 Å². The summed E-state index contributed by atoms with van der Waals surface area (Å²) in [5, 5.41) is 0. The van der Waals surface area contributed by atoms with Crippen LogP contribution in [0.25, 0.3) is 0 Å². The average molecular weight is 273 g/mol. The van der Waals surface area contributed by atoms with Gasteiger partial charge in [-0.15, -0.1) is 0 Å². The van der Waals surface area contributed by atoms with E-state index in [-0.39, 0.29) is 0 Å². The van der Waals surface area contributed by atoms with E-state index >= 15 is 0 Å². The summed E-state index contributed by atoms with van der Waals surface area (Å²) >= 11 is 3.31. The summed E-state index contributed by atoms with van der Waals surface area (Å²) in [4.78, 5) is 10.8. The van der Waals surface area contributed by atoms with E-state index in [4.69, 9.17) is 4.43 Å². The molecule has 0 aliphatic carbocycles. The monoisotopic (exact) mass is 272 g/mol. The highest BCUT2D eigenvalue weighted by molar-refractivity contribution is 9.10. The fourth-order valence-corrected chi connectivity index (χ4v) is 2.26. The summed E-state index contributed by atoms with van der Waals surface area (Å²) in [7, 11) is -1.64. The number of hydrogen-bond donors (Lipinski definition) is 0. The van der Waals surface area contributed by atoms with Crippen molar-refractivity contribution >= 4 is 30.5 Å². The van der Waals surface area contributed by atoms with Gasteiger partial charge in [0.1, 0.15) is 5.75 Å². The van der Waals surface area contributed by atoms with Crippen LogP contribution in [-0.4, -0.2) is 14.6 Å². The van der Waals surface area contributed by atoms with Crippen molar-refractivity contribution < 1.29 is 9.22 Å². The quantitative estimate of drug-likeness (QED) is 0.622. The smallest absolute Gasteiger partial charge is 0.242 e. The molecule has 4 heteroatoms. The first-order chi connectivity index (χ1) is 6.42. The maximum Gasteiger partial charge on any atom is 0.242 e. The van der Waals surface area contributed by atoms with Gasteiger partial charge < -0.3 is 4.43 Å². The van der Waals surface area contributed by atoms with E-state index in [1.807, 2.05) is 12.1 Å². The summed E-state index contributed by atoms with van der Waals surface area (Å²) in [6.45, 7) is 6.26. The number of benzene rings is 1. The SMILES string of the molecule is C[Si](C)(C)Oc1ccc(Br)cc1C=O. The second-order valence-electron chi connectivity index (χ2n) is 4.01. The molecule has 0 aromatic heterocycles. The largest absolute Gasteiger partial charge is 0.544 e. The number of carbonyl (C=O) groups excluding carboxylic acids is 1. The predicted octanol–water partition coefficient (Wildman–Crippen LogP) is 3.48. The Labute approximate surface area is 93.5 Å². The molecule has 0 amide bonds. The Morgan fingerprint density at radius 3 is 2.50 bits per heavy atom. The van der Waals surface area contributed by atoms with Crippen LogP contribution >= 0.6 is 15.9 Å². The number of halogens is 1. The molecule has 0 aliphatic heterocycles. The molecule has 0 aliphatic rings. The van der Waals surface area contributed by atoms with E-state index < -0.39 is 8.32 Å². The lowest BCUT2D eigenvalue weighted by molar-refractivity contribution is 0.112. The van der Waals surface area contributed by atoms with Gasteiger partial charge in [0.25, 0.3) is 0 Å². The van der Waals surface area contributed by atoms with E-state index in [0.717, 1.165) is 10.8 Å². The predicted molar refractivity (Wildman–Crippen MR) is 63.5 cm³/mol. The van der Waals surface area contributed by atoms with Gasteiger partial charge in [-0.2, -0.15) is 0 Å². The molecule has 0 unspecified atom stereocenters. The number of aldehydes is 1. The number of hydrogen-bond acceptors (Lipinski definition) is 2. The van der Waals surface area contributed by atoms with Gasteiger partial charge in [-0.05, 0) is 37.8 Å². The second kappa shape index (κ2) is 4.27. The number of carbonyl (C=O) groups is 1. The van der Waals surface area contributed by atoms with Crippen molar-refractivity contribution in [1.29, 1.82) is 0 Å². The molecule has 1 aromatic rings. The van der Waals surface area contributed by atoms with Gasteiger partial charge >= 0.3 is 0 Å². The fraction of sp³-hybridized carbons (Fsp3) is 0.300. The maximum absolute atomic E-state index is 10.8. The zero-order valence-electron chi connectivity index (χ0n) is 8.50. The zero-order chi connectivity index (χ0) is 10.8. The maximum atomic E-state index is 10.8. The van der Waals surface area contributed by atoms with Crippen LogP contribution in [0.3, 0.4) is 0 Å². The lowest BCUT2D eigenvalue weighted by Gasteiger charge is -2.20. The molecule has 0 N–H and O–H groups in total. The van der Waals surface area contributed by atoms with Gasteiger partial charge in [-0.1, -0.05) is 15.9 Å². The molecule has 0 spiro atoms. The lowest BCUT2D eigenvalue weighted by atomic mass is 10.2. The van der Waals surface area contributed by atoms with Gasteiger partial charge in [-0.3, -0.25) is 4.79 Å². The number of rotatable bonds is 3. The Bertz CT molecular complexity index is 344. The molecule has 1 rings (SSSR count). The van der Waals surface area contributed by atoms with E-state index in [1.54, 1.807) is 6.07 Å². The van der Waals surface area contributed by atoms with Crippen LogP contribution in [0, 0.1) is 0 Å². The van der Waals surface area contributed by atoms with Crippen LogP contribution in [0.5, 0.6) is 5.75 Å². The first-order valence-corrected chi connectivity index (χ1v) is 8.56. The van der Waals surface area contributed by atoms with Crippen LogP contribution < -0.4 is 4.43 Å². The van der Waals surface area contributed by atoms with Gasteiger partial charge in [0.05, 0.1) is 5.56 Å². The third-order valence-electron chi connectivity index (χ3n) is 1.51. The Morgan fingerprint density at radius 2 is 2.00 bits per heavy atom. The van der Waals surface area contributed by atoms with Crippen molar-refractivity contribution in [3.05, 3.63) is 28.2 Å². The summed E-state index contributed by atoms with van der Waals surface area (Å²) in [5.74, 6) is 0.683. The molecule has 2 nitrogen and oxygen atoms in total. The van der Waals surface area contributed by atoms with Gasteiger partial charge in [-0.25, -0.2) is 0 Å². The summed E-state index contributed by atoms with van der Waals surface area (Å²) in [6.07, 6.45) is 0.820. The minimum absolute atomic E-state index is 0.599. The van der Waals surface area contributed by atoms with Crippen LogP contribution in [0.2, 0.25) is 19.6 Å². The fourth-order valence-electron chi connectivity index (χ4n) is 1.03. The van der Waals surface area contributed by atoms with Crippen LogP contribution in [-0.2, 0) is 0 Å². The van der Waals surface area contributed by atoms with E-state index in [2.05, 4.69) is 35.6 Å². The molecule has 0 heterocycles. The van der Waals surface area contributed by atoms with Crippen molar-refractivity contribution in [2.24, 2.45) is 0 Å². The third-order valence-corrected chi connectivity index (χ3v) is 2.84. The molecule has 14 heavy (non-hydrogen) atoms. The molecule has 0 saturated heterocycles. The van der Waals surface area contributed by atoms with E-state index in [1.165, 1.54) is 0 Å². The standard InChI is InChI=1S/C10H13BrO2Si/c1-14(2,3)13-10-5-4-9(11)6-8(10)7-12/h4-7H,1-3H3. The summed E-state index contributed by atoms with van der Waals surface area (Å²) < 4.78 is 6.66. The van der Waals surface area contributed by atoms with Crippen molar-refractivity contribution in [2.45, 2.75) is 19.6 Å². The highest BCUT2D eigenvalue weighted by Crippen LogP contribution is 2.24. The van der Waals surface area contributed by atoms with Gasteiger partial charge in [0, 0.05) is 4.47 Å². The molecule has 0 saturated carbocycles. The van der Waals surface area contributed by atoms with Crippen molar-refractivity contribution in [2.75, 3.05) is 0 Å². The molecular formula is C10H13BrO2Si. The lowest BCUT2D eigenvalue weighted by Crippen LogP contribution is -2.29. The Hall–Kier alpha value is -0.613. The molecule has 1 aromatic carbocycles. The first kappa shape index (κ1) is 11.5. The van der Waals surface area contributed by atoms with Crippen molar-refractivity contribution in [1.82, 2.24) is 0 Å². The molecule has 0 atom stereocenters. The molecular weight excluding hydrogens is 260 g/mol. The first-order valence-electron chi connectivity index (χ1n) is 4.36. The summed E-state index contributed by atoms with van der Waals surface area (Å²) in [5.41, 5.74) is 0.599. The van der Waals surface area contributed by atoms with Crippen LogP contribution in [0.15, 0.2) is 22.7 Å². The van der Waals surface area contributed by atoms with Gasteiger partial charge in [0.15, 0.2) is 6.29 Å². The minimum atomic E-state index is -1.64. The van der Waals surface area contributed by atoms with Crippen molar-refractivity contribution in [3.8, 4) is 5.75 Å². The van der Waals surface area contributed by atoms with Crippen LogP contribution in [0.4, 0.5) is 0 Å². The molecule has 0 fully saturated rings. The molecule has 76 valence electrons. The Balaban J connectivity index is 3.03. The Kier molecular flexibility index (Phi) is 3.50. The molecule has 0 bridgehead atoms. The third kappa shape index (κ3) is 3.27. The van der Waals surface area contributed by atoms with E-state index in [9.17, 15) is 4.79 Å². The highest BCUT2D eigenvalue weighted by Gasteiger charge is 2.17. The minimum Gasteiger partial charge on any atom is -0.544 e. The zero-order valence-corrected chi connectivity index (χ0v) is 11.1.